The van der Waals surface area contributed by atoms with Crippen molar-refractivity contribution in [1.82, 2.24) is 10.3 Å². The molecule has 2 rings (SSSR count). The van der Waals surface area contributed by atoms with Crippen molar-refractivity contribution < 1.29 is 0 Å². The van der Waals surface area contributed by atoms with Crippen LogP contribution in [-0.2, 0) is 6.42 Å². The van der Waals surface area contributed by atoms with E-state index in [2.05, 4.69) is 15.7 Å². The molecule has 0 radical (unpaired) electrons. The quantitative estimate of drug-likeness (QED) is 0.778. The van der Waals surface area contributed by atoms with Crippen LogP contribution in [-0.4, -0.2) is 18.1 Å². The van der Waals surface area contributed by atoms with E-state index in [0.717, 1.165) is 18.9 Å². The summed E-state index contributed by atoms with van der Waals surface area (Å²) in [5, 5.41) is 6.87. The number of nitrogens with zero attached hydrogens (tertiary/aromatic N) is 1. The minimum absolute atomic E-state index is 0.940. The molecule has 1 heterocycles. The molecular formula is C12H20N2S. The molecule has 1 saturated carbocycles. The predicted octanol–water partition coefficient (Wildman–Crippen LogP) is 2.86. The van der Waals surface area contributed by atoms with Crippen LogP contribution in [0.15, 0.2) is 11.6 Å². The SMILES string of the molecule is c1csc(CCNCC2CCCCC2)n1. The van der Waals surface area contributed by atoms with Crippen molar-refractivity contribution in [3.05, 3.63) is 16.6 Å². The molecule has 1 aromatic rings. The molecule has 1 fully saturated rings. The van der Waals surface area contributed by atoms with E-state index in [-0.39, 0.29) is 0 Å². The van der Waals surface area contributed by atoms with Gasteiger partial charge in [0.05, 0.1) is 5.01 Å². The van der Waals surface area contributed by atoms with Crippen LogP contribution in [0.4, 0.5) is 0 Å². The lowest BCUT2D eigenvalue weighted by Gasteiger charge is -2.21. The summed E-state index contributed by atoms with van der Waals surface area (Å²) in [7, 11) is 0. The second-order valence-corrected chi connectivity index (χ2v) is 5.36. The number of thiazole rings is 1. The van der Waals surface area contributed by atoms with Gasteiger partial charge < -0.3 is 5.32 Å². The molecule has 0 unspecified atom stereocenters. The van der Waals surface area contributed by atoms with Gasteiger partial charge in [-0.05, 0) is 25.3 Å². The van der Waals surface area contributed by atoms with Gasteiger partial charge in [0.15, 0.2) is 0 Å². The molecule has 0 aliphatic heterocycles. The fourth-order valence-corrected chi connectivity index (χ4v) is 2.89. The largest absolute Gasteiger partial charge is 0.316 e. The third kappa shape index (κ3) is 3.92. The van der Waals surface area contributed by atoms with E-state index in [1.807, 2.05) is 6.20 Å². The smallest absolute Gasteiger partial charge is 0.0937 e. The van der Waals surface area contributed by atoms with Crippen molar-refractivity contribution in [2.24, 2.45) is 5.92 Å². The molecule has 0 amide bonds. The summed E-state index contributed by atoms with van der Waals surface area (Å²) in [5.41, 5.74) is 0. The maximum absolute atomic E-state index is 4.28. The molecule has 2 nitrogen and oxygen atoms in total. The van der Waals surface area contributed by atoms with Crippen LogP contribution in [0.25, 0.3) is 0 Å². The normalized spacial score (nSPS) is 18.1. The summed E-state index contributed by atoms with van der Waals surface area (Å²) in [6.07, 6.45) is 10.2. The number of hydrogen-bond donors (Lipinski definition) is 1. The summed E-state index contributed by atoms with van der Waals surface area (Å²) in [5.74, 6) is 0.940. The molecule has 0 spiro atoms. The first-order valence-corrected chi connectivity index (χ1v) is 6.92. The highest BCUT2D eigenvalue weighted by atomic mass is 32.1. The van der Waals surface area contributed by atoms with Crippen molar-refractivity contribution in [3.8, 4) is 0 Å². The van der Waals surface area contributed by atoms with Gasteiger partial charge in [0, 0.05) is 24.5 Å². The molecule has 0 aromatic carbocycles. The molecule has 1 N–H and O–H groups in total. The zero-order valence-corrected chi connectivity index (χ0v) is 10.1. The highest BCUT2D eigenvalue weighted by molar-refractivity contribution is 7.09. The van der Waals surface area contributed by atoms with Crippen LogP contribution in [0, 0.1) is 5.92 Å². The topological polar surface area (TPSA) is 24.9 Å². The Hall–Kier alpha value is -0.410. The Bertz CT molecular complexity index is 253. The van der Waals surface area contributed by atoms with Crippen LogP contribution in [0.5, 0.6) is 0 Å². The van der Waals surface area contributed by atoms with E-state index in [9.17, 15) is 0 Å². The van der Waals surface area contributed by atoms with E-state index in [4.69, 9.17) is 0 Å². The minimum atomic E-state index is 0.940. The minimum Gasteiger partial charge on any atom is -0.316 e. The maximum atomic E-state index is 4.28. The first kappa shape index (κ1) is 11.1. The van der Waals surface area contributed by atoms with Gasteiger partial charge in [-0.2, -0.15) is 0 Å². The second kappa shape index (κ2) is 6.23. The van der Waals surface area contributed by atoms with Crippen LogP contribution in [0.3, 0.4) is 0 Å². The van der Waals surface area contributed by atoms with E-state index in [1.54, 1.807) is 11.3 Å². The first-order valence-electron chi connectivity index (χ1n) is 6.04. The Labute approximate surface area is 96.1 Å². The Morgan fingerprint density at radius 2 is 2.20 bits per heavy atom. The van der Waals surface area contributed by atoms with Crippen LogP contribution >= 0.6 is 11.3 Å². The highest BCUT2D eigenvalue weighted by Crippen LogP contribution is 2.22. The fraction of sp³-hybridized carbons (Fsp3) is 0.750. The summed E-state index contributed by atoms with van der Waals surface area (Å²) in [4.78, 5) is 4.28. The van der Waals surface area contributed by atoms with Crippen molar-refractivity contribution in [2.75, 3.05) is 13.1 Å². The molecule has 0 bridgehead atoms. The van der Waals surface area contributed by atoms with Crippen LogP contribution < -0.4 is 5.32 Å². The highest BCUT2D eigenvalue weighted by Gasteiger charge is 2.12. The number of rotatable bonds is 5. The lowest BCUT2D eigenvalue weighted by atomic mass is 9.89. The van der Waals surface area contributed by atoms with Gasteiger partial charge in [0.25, 0.3) is 0 Å². The number of hydrogen-bond acceptors (Lipinski definition) is 3. The van der Waals surface area contributed by atoms with Crippen molar-refractivity contribution >= 4 is 11.3 Å². The van der Waals surface area contributed by atoms with Crippen molar-refractivity contribution in [1.29, 1.82) is 0 Å². The molecule has 1 aliphatic rings. The molecule has 1 aromatic heterocycles. The number of nitrogens with one attached hydrogen (secondary N) is 1. The zero-order valence-electron chi connectivity index (χ0n) is 9.24. The summed E-state index contributed by atoms with van der Waals surface area (Å²) < 4.78 is 0. The van der Waals surface area contributed by atoms with Gasteiger partial charge in [-0.15, -0.1) is 11.3 Å². The molecule has 3 heteroatoms. The van der Waals surface area contributed by atoms with E-state index in [1.165, 1.54) is 43.7 Å². The van der Waals surface area contributed by atoms with Gasteiger partial charge in [0.2, 0.25) is 0 Å². The molecule has 84 valence electrons. The fourth-order valence-electron chi connectivity index (χ4n) is 2.27. The molecule has 15 heavy (non-hydrogen) atoms. The molecule has 0 saturated heterocycles. The average molecular weight is 224 g/mol. The maximum Gasteiger partial charge on any atom is 0.0937 e. The van der Waals surface area contributed by atoms with Gasteiger partial charge in [-0.1, -0.05) is 19.3 Å². The Morgan fingerprint density at radius 3 is 2.93 bits per heavy atom. The molecule has 0 atom stereocenters. The van der Waals surface area contributed by atoms with Gasteiger partial charge in [-0.3, -0.25) is 0 Å². The van der Waals surface area contributed by atoms with Gasteiger partial charge in [-0.25, -0.2) is 4.98 Å². The number of aromatic nitrogens is 1. The summed E-state index contributed by atoms with van der Waals surface area (Å²) >= 11 is 1.76. The van der Waals surface area contributed by atoms with Crippen LogP contribution in [0.2, 0.25) is 0 Å². The van der Waals surface area contributed by atoms with Gasteiger partial charge in [0.1, 0.15) is 0 Å². The van der Waals surface area contributed by atoms with Crippen molar-refractivity contribution in [3.63, 3.8) is 0 Å². The average Bonchev–Trinajstić information content (AvgIpc) is 2.79. The zero-order chi connectivity index (χ0) is 10.3. The second-order valence-electron chi connectivity index (χ2n) is 4.38. The predicted molar refractivity (Wildman–Crippen MR) is 65.3 cm³/mol. The Kier molecular flexibility index (Phi) is 4.61. The lowest BCUT2D eigenvalue weighted by Crippen LogP contribution is -2.26. The Balaban J connectivity index is 1.54. The first-order chi connectivity index (χ1) is 7.45. The standard InChI is InChI=1S/C12H20N2S/c1-2-4-11(5-3-1)10-13-7-6-12-14-8-9-15-12/h8-9,11,13H,1-7,10H2. The van der Waals surface area contributed by atoms with Gasteiger partial charge >= 0.3 is 0 Å². The third-order valence-corrected chi connectivity index (χ3v) is 4.00. The molecule has 1 aliphatic carbocycles. The summed E-state index contributed by atoms with van der Waals surface area (Å²) in [6.45, 7) is 2.30. The van der Waals surface area contributed by atoms with Crippen molar-refractivity contribution in [2.45, 2.75) is 38.5 Å². The summed E-state index contributed by atoms with van der Waals surface area (Å²) in [6, 6.07) is 0. The van der Waals surface area contributed by atoms with Crippen LogP contribution in [0.1, 0.15) is 37.1 Å². The monoisotopic (exact) mass is 224 g/mol. The molecular weight excluding hydrogens is 204 g/mol. The lowest BCUT2D eigenvalue weighted by molar-refractivity contribution is 0.343. The van der Waals surface area contributed by atoms with E-state index >= 15 is 0 Å². The van der Waals surface area contributed by atoms with E-state index < -0.39 is 0 Å². The van der Waals surface area contributed by atoms with E-state index in [0.29, 0.717) is 0 Å². The Morgan fingerprint density at radius 1 is 1.33 bits per heavy atom. The third-order valence-electron chi connectivity index (χ3n) is 3.16.